The minimum Gasteiger partial charge on any atom is -0.378 e. The zero-order chi connectivity index (χ0) is 16.4. The van der Waals surface area contributed by atoms with Crippen LogP contribution in [-0.2, 0) is 15.9 Å². The Hall–Kier alpha value is -1.46. The number of hydrogen-bond donors (Lipinski definition) is 0. The third-order valence-corrected chi connectivity index (χ3v) is 4.70. The van der Waals surface area contributed by atoms with Crippen LogP contribution in [0.25, 0.3) is 0 Å². The molecule has 0 aliphatic carbocycles. The summed E-state index contributed by atoms with van der Waals surface area (Å²) in [7, 11) is 0. The molecule has 1 spiro atoms. The quantitative estimate of drug-likeness (QED) is 0.840. The van der Waals surface area contributed by atoms with Crippen LogP contribution in [0.15, 0.2) is 18.2 Å². The Bertz CT molecular complexity index is 573. The molecule has 0 bridgehead atoms. The molecular formula is C18H26N2O3. The summed E-state index contributed by atoms with van der Waals surface area (Å²) in [5.41, 5.74) is 1.22. The van der Waals surface area contributed by atoms with Gasteiger partial charge < -0.3 is 14.4 Å². The molecular weight excluding hydrogens is 292 g/mol. The van der Waals surface area contributed by atoms with Gasteiger partial charge in [-0.05, 0) is 32.4 Å². The summed E-state index contributed by atoms with van der Waals surface area (Å²) in [6, 6.07) is 5.68. The maximum absolute atomic E-state index is 12.9. The van der Waals surface area contributed by atoms with Crippen LogP contribution < -0.4 is 0 Å². The van der Waals surface area contributed by atoms with Crippen molar-refractivity contribution in [2.45, 2.75) is 57.8 Å². The molecule has 1 aromatic heterocycles. The highest BCUT2D eigenvalue weighted by Crippen LogP contribution is 2.34. The first-order chi connectivity index (χ1) is 11.0. The Morgan fingerprint density at radius 2 is 2.22 bits per heavy atom. The number of carbonyl (C=O) groups is 1. The largest absolute Gasteiger partial charge is 0.378 e. The van der Waals surface area contributed by atoms with Gasteiger partial charge in [-0.25, -0.2) is 4.98 Å². The maximum Gasteiger partial charge on any atom is 0.272 e. The van der Waals surface area contributed by atoms with Crippen molar-refractivity contribution in [3.05, 3.63) is 29.6 Å². The van der Waals surface area contributed by atoms with Crippen molar-refractivity contribution >= 4 is 5.91 Å². The average molecular weight is 318 g/mol. The van der Waals surface area contributed by atoms with E-state index in [1.807, 2.05) is 30.9 Å². The van der Waals surface area contributed by atoms with Crippen LogP contribution in [0.1, 0.15) is 49.8 Å². The van der Waals surface area contributed by atoms with Gasteiger partial charge in [0, 0.05) is 31.7 Å². The summed E-state index contributed by atoms with van der Waals surface area (Å²) in [6.07, 6.45) is 2.72. The van der Waals surface area contributed by atoms with Gasteiger partial charge in [0.1, 0.15) is 5.69 Å². The lowest BCUT2D eigenvalue weighted by Crippen LogP contribution is -2.59. The van der Waals surface area contributed by atoms with Gasteiger partial charge in [-0.2, -0.15) is 0 Å². The molecule has 3 atom stereocenters. The molecule has 0 saturated carbocycles. The van der Waals surface area contributed by atoms with Crippen molar-refractivity contribution in [2.24, 2.45) is 0 Å². The third kappa shape index (κ3) is 3.56. The summed E-state index contributed by atoms with van der Waals surface area (Å²) in [6.45, 7) is 8.10. The van der Waals surface area contributed by atoms with Crippen LogP contribution in [0, 0.1) is 0 Å². The zero-order valence-corrected chi connectivity index (χ0v) is 14.2. The number of ether oxygens (including phenoxy) is 2. The highest BCUT2D eigenvalue weighted by Gasteiger charge is 2.44. The van der Waals surface area contributed by atoms with Gasteiger partial charge in [0.25, 0.3) is 5.91 Å². The predicted molar refractivity (Wildman–Crippen MR) is 87.4 cm³/mol. The van der Waals surface area contributed by atoms with E-state index in [1.54, 1.807) is 6.07 Å². The lowest BCUT2D eigenvalue weighted by molar-refractivity contribution is -0.189. The Labute approximate surface area is 138 Å². The molecule has 2 aliphatic heterocycles. The minimum absolute atomic E-state index is 0.00831. The average Bonchev–Trinajstić information content (AvgIpc) is 2.53. The number of morpholine rings is 1. The highest BCUT2D eigenvalue weighted by atomic mass is 16.5. The summed E-state index contributed by atoms with van der Waals surface area (Å²) in [5, 5.41) is 0. The number of carbonyl (C=O) groups excluding carboxylic acids is 1. The number of aromatic nitrogens is 1. The van der Waals surface area contributed by atoms with Crippen molar-refractivity contribution < 1.29 is 14.3 Å². The van der Waals surface area contributed by atoms with E-state index in [4.69, 9.17) is 9.47 Å². The van der Waals surface area contributed by atoms with Crippen LogP contribution >= 0.6 is 0 Å². The van der Waals surface area contributed by atoms with E-state index in [9.17, 15) is 4.79 Å². The van der Waals surface area contributed by atoms with Gasteiger partial charge in [0.15, 0.2) is 0 Å². The van der Waals surface area contributed by atoms with Gasteiger partial charge >= 0.3 is 0 Å². The number of aryl methyl sites for hydroxylation is 1. The summed E-state index contributed by atoms with van der Waals surface area (Å²) in [5.74, 6) is 0.00831. The molecule has 5 heteroatoms. The fourth-order valence-corrected chi connectivity index (χ4v) is 3.72. The Balaban J connectivity index is 1.79. The van der Waals surface area contributed by atoms with Crippen LogP contribution in [0.5, 0.6) is 0 Å². The van der Waals surface area contributed by atoms with E-state index in [2.05, 4.69) is 11.9 Å². The molecule has 0 radical (unpaired) electrons. The van der Waals surface area contributed by atoms with Crippen LogP contribution in [0.2, 0.25) is 0 Å². The van der Waals surface area contributed by atoms with E-state index in [0.29, 0.717) is 25.4 Å². The molecule has 126 valence electrons. The van der Waals surface area contributed by atoms with Gasteiger partial charge in [0.05, 0.1) is 24.4 Å². The van der Waals surface area contributed by atoms with Crippen molar-refractivity contribution in [1.82, 2.24) is 9.88 Å². The molecule has 0 aromatic carbocycles. The normalized spacial score (nSPS) is 31.3. The Morgan fingerprint density at radius 1 is 1.39 bits per heavy atom. The smallest absolute Gasteiger partial charge is 0.272 e. The molecule has 1 amide bonds. The second-order valence-corrected chi connectivity index (χ2v) is 6.80. The van der Waals surface area contributed by atoms with Crippen LogP contribution in [-0.4, -0.2) is 53.3 Å². The van der Waals surface area contributed by atoms with Crippen molar-refractivity contribution in [3.63, 3.8) is 0 Å². The van der Waals surface area contributed by atoms with E-state index >= 15 is 0 Å². The molecule has 5 nitrogen and oxygen atoms in total. The second kappa shape index (κ2) is 6.57. The van der Waals surface area contributed by atoms with Crippen LogP contribution in [0.4, 0.5) is 0 Å². The first-order valence-electron chi connectivity index (χ1n) is 8.56. The zero-order valence-electron chi connectivity index (χ0n) is 14.2. The summed E-state index contributed by atoms with van der Waals surface area (Å²) in [4.78, 5) is 19.3. The van der Waals surface area contributed by atoms with Gasteiger partial charge in [-0.1, -0.05) is 13.0 Å². The van der Waals surface area contributed by atoms with E-state index in [-0.39, 0.29) is 23.7 Å². The number of nitrogens with zero attached hydrogens (tertiary/aromatic N) is 2. The predicted octanol–water partition coefficient (Wildman–Crippen LogP) is 2.44. The molecule has 1 aromatic rings. The molecule has 3 heterocycles. The molecule has 0 N–H and O–H groups in total. The van der Waals surface area contributed by atoms with Gasteiger partial charge in [0.2, 0.25) is 0 Å². The molecule has 0 unspecified atom stereocenters. The Kier molecular flexibility index (Phi) is 4.69. The first-order valence-corrected chi connectivity index (χ1v) is 8.56. The summed E-state index contributed by atoms with van der Waals surface area (Å²) >= 11 is 0. The van der Waals surface area contributed by atoms with Crippen molar-refractivity contribution in [1.29, 1.82) is 0 Å². The Morgan fingerprint density at radius 3 is 2.96 bits per heavy atom. The first kappa shape index (κ1) is 16.4. The fourth-order valence-electron chi connectivity index (χ4n) is 3.72. The lowest BCUT2D eigenvalue weighted by Gasteiger charge is -2.48. The third-order valence-electron chi connectivity index (χ3n) is 4.70. The monoisotopic (exact) mass is 318 g/mol. The van der Waals surface area contributed by atoms with Crippen LogP contribution in [0.3, 0.4) is 0 Å². The van der Waals surface area contributed by atoms with E-state index in [1.165, 1.54) is 0 Å². The molecule has 23 heavy (non-hydrogen) atoms. The molecule has 3 rings (SSSR count). The summed E-state index contributed by atoms with van der Waals surface area (Å²) < 4.78 is 11.9. The number of pyridine rings is 1. The number of rotatable bonds is 2. The van der Waals surface area contributed by atoms with E-state index < -0.39 is 0 Å². The second-order valence-electron chi connectivity index (χ2n) is 6.80. The highest BCUT2D eigenvalue weighted by molar-refractivity contribution is 5.92. The van der Waals surface area contributed by atoms with Gasteiger partial charge in [-0.15, -0.1) is 0 Å². The van der Waals surface area contributed by atoms with Crippen molar-refractivity contribution in [2.75, 3.05) is 19.7 Å². The van der Waals surface area contributed by atoms with Crippen molar-refractivity contribution in [3.8, 4) is 0 Å². The topological polar surface area (TPSA) is 51.7 Å². The van der Waals surface area contributed by atoms with Gasteiger partial charge in [-0.3, -0.25) is 4.79 Å². The standard InChI is InChI=1S/C18H26N2O3/c1-4-15-6-5-7-16(19-15)17(21)20-11-14(3)23-18(12-20)8-9-22-13(2)10-18/h5-7,13-14H,4,8-12H2,1-3H3/t13-,14-,18+/m0/s1. The van der Waals surface area contributed by atoms with E-state index in [0.717, 1.165) is 25.0 Å². The minimum atomic E-state index is -0.270. The molecule has 2 fully saturated rings. The number of hydrogen-bond acceptors (Lipinski definition) is 4. The fraction of sp³-hybridized carbons (Fsp3) is 0.667. The molecule has 2 saturated heterocycles. The maximum atomic E-state index is 12.9. The molecule has 2 aliphatic rings. The number of amides is 1. The lowest BCUT2D eigenvalue weighted by atomic mass is 9.88. The SMILES string of the molecule is CCc1cccc(C(=O)N2C[C@H](C)O[C@@]3(CCO[C@@H](C)C3)C2)n1.